The van der Waals surface area contributed by atoms with E-state index in [1.807, 2.05) is 12.2 Å². The van der Waals surface area contributed by atoms with E-state index in [0.29, 0.717) is 0 Å². The van der Waals surface area contributed by atoms with Crippen molar-refractivity contribution in [3.05, 3.63) is 164 Å². The first-order valence-corrected chi connectivity index (χ1v) is 14.7. The van der Waals surface area contributed by atoms with E-state index in [-0.39, 0.29) is 0 Å². The molecule has 0 amide bonds. The van der Waals surface area contributed by atoms with Gasteiger partial charge in [0.2, 0.25) is 0 Å². The predicted octanol–water partition coefficient (Wildman–Crippen LogP) is 11.7. The molecule has 43 heavy (non-hydrogen) atoms. The van der Waals surface area contributed by atoms with Gasteiger partial charge in [0.25, 0.3) is 0 Å². The van der Waals surface area contributed by atoms with E-state index in [2.05, 4.69) is 157 Å². The molecule has 0 radical (unpaired) electrons. The first-order valence-electron chi connectivity index (χ1n) is 14.7. The lowest BCUT2D eigenvalue weighted by molar-refractivity contribution is 1.18. The fraction of sp³-hybridized carbons (Fsp3) is 0. The highest BCUT2D eigenvalue weighted by Gasteiger charge is 2.20. The van der Waals surface area contributed by atoms with Crippen LogP contribution in [0.15, 0.2) is 153 Å². The summed E-state index contributed by atoms with van der Waals surface area (Å²) in [6.45, 7) is 8.62. The van der Waals surface area contributed by atoms with Crippen LogP contribution in [0.3, 0.4) is 0 Å². The largest absolute Gasteiger partial charge is 0.309 e. The first kappa shape index (κ1) is 25.1. The molecular weight excluding hydrogens is 518 g/mol. The molecule has 0 atom stereocenters. The summed E-state index contributed by atoms with van der Waals surface area (Å²) in [4.78, 5) is 0. The summed E-state index contributed by atoms with van der Waals surface area (Å²) in [7, 11) is 0. The van der Waals surface area contributed by atoms with E-state index >= 15 is 0 Å². The molecule has 0 aliphatic carbocycles. The van der Waals surface area contributed by atoms with Crippen molar-refractivity contribution in [3.8, 4) is 27.9 Å². The van der Waals surface area contributed by atoms with Crippen LogP contribution in [0.2, 0.25) is 0 Å². The Kier molecular flexibility index (Phi) is 5.84. The minimum Gasteiger partial charge on any atom is -0.309 e. The molecule has 0 unspecified atom stereocenters. The summed E-state index contributed by atoms with van der Waals surface area (Å²) in [6.07, 6.45) is 3.99. The van der Waals surface area contributed by atoms with E-state index in [9.17, 15) is 0 Å². The van der Waals surface area contributed by atoms with Crippen LogP contribution in [-0.4, -0.2) is 4.57 Å². The van der Waals surface area contributed by atoms with Gasteiger partial charge in [-0.2, -0.15) is 0 Å². The van der Waals surface area contributed by atoms with Crippen molar-refractivity contribution in [3.63, 3.8) is 0 Å². The number of nitrogens with zero attached hydrogens (tertiary/aromatic N) is 1. The van der Waals surface area contributed by atoms with Crippen LogP contribution >= 0.6 is 0 Å². The normalized spacial score (nSPS) is 11.4. The molecule has 0 spiro atoms. The van der Waals surface area contributed by atoms with Crippen molar-refractivity contribution in [2.45, 2.75) is 0 Å². The van der Waals surface area contributed by atoms with Crippen molar-refractivity contribution in [1.82, 2.24) is 4.57 Å². The molecule has 0 bridgehead atoms. The summed E-state index contributed by atoms with van der Waals surface area (Å²) in [5, 5.41) is 7.38. The maximum Gasteiger partial charge on any atom is 0.0541 e. The standard InChI is InChI=1S/C42H29N/c1-3-33-34(4-2)42(31-25-24-28-14-5-6-15-29(28)26-31)38-21-8-7-20-37(38)41(33)30-16-13-17-32(27-30)43-39-22-11-9-18-35(39)36-19-10-12-23-40(36)43/h3-27H,1-2H2. The molecule has 1 aromatic heterocycles. The third-order valence-corrected chi connectivity index (χ3v) is 8.71. The second-order valence-corrected chi connectivity index (χ2v) is 11.0. The molecule has 202 valence electrons. The van der Waals surface area contributed by atoms with Crippen molar-refractivity contribution in [2.24, 2.45) is 0 Å². The lowest BCUT2D eigenvalue weighted by atomic mass is 9.83. The smallest absolute Gasteiger partial charge is 0.0541 e. The number of para-hydroxylation sites is 2. The monoisotopic (exact) mass is 547 g/mol. The van der Waals surface area contributed by atoms with Crippen molar-refractivity contribution in [1.29, 1.82) is 0 Å². The van der Waals surface area contributed by atoms with Crippen molar-refractivity contribution in [2.75, 3.05) is 0 Å². The summed E-state index contributed by atoms with van der Waals surface area (Å²) in [6, 6.07) is 50.2. The van der Waals surface area contributed by atoms with E-state index in [4.69, 9.17) is 0 Å². The molecule has 1 heteroatoms. The Morgan fingerprint density at radius 1 is 0.419 bits per heavy atom. The number of benzene rings is 7. The highest BCUT2D eigenvalue weighted by Crippen LogP contribution is 2.44. The summed E-state index contributed by atoms with van der Waals surface area (Å²) >= 11 is 0. The minimum absolute atomic E-state index is 1.09. The maximum absolute atomic E-state index is 4.32. The highest BCUT2D eigenvalue weighted by atomic mass is 15.0. The van der Waals surface area contributed by atoms with Crippen LogP contribution < -0.4 is 0 Å². The third-order valence-electron chi connectivity index (χ3n) is 8.71. The molecule has 0 fully saturated rings. The molecular formula is C42H29N. The Morgan fingerprint density at radius 2 is 0.930 bits per heavy atom. The van der Waals surface area contributed by atoms with Crippen LogP contribution in [-0.2, 0) is 0 Å². The molecule has 1 heterocycles. The molecule has 0 N–H and O–H groups in total. The van der Waals surface area contributed by atoms with Gasteiger partial charge in [-0.1, -0.05) is 135 Å². The fourth-order valence-electron chi connectivity index (χ4n) is 6.87. The van der Waals surface area contributed by atoms with E-state index < -0.39 is 0 Å². The molecule has 8 rings (SSSR count). The van der Waals surface area contributed by atoms with Crippen molar-refractivity contribution < 1.29 is 0 Å². The van der Waals surface area contributed by atoms with Crippen LogP contribution in [0, 0.1) is 0 Å². The van der Waals surface area contributed by atoms with Crippen LogP contribution in [0.25, 0.3) is 83.4 Å². The lowest BCUT2D eigenvalue weighted by Crippen LogP contribution is -1.98. The van der Waals surface area contributed by atoms with Gasteiger partial charge in [0.1, 0.15) is 0 Å². The SMILES string of the molecule is C=Cc1c(C=C)c(-c2ccc3ccccc3c2)c2ccccc2c1-c1cccc(-n2c3ccccc3c3ccccc32)c1. The van der Waals surface area contributed by atoms with Gasteiger partial charge in [0.05, 0.1) is 11.0 Å². The molecule has 1 nitrogen and oxygen atoms in total. The Balaban J connectivity index is 1.42. The molecule has 0 aliphatic rings. The highest BCUT2D eigenvalue weighted by molar-refractivity contribution is 6.13. The van der Waals surface area contributed by atoms with Gasteiger partial charge >= 0.3 is 0 Å². The molecule has 0 saturated heterocycles. The minimum atomic E-state index is 1.09. The summed E-state index contributed by atoms with van der Waals surface area (Å²) in [5.74, 6) is 0. The number of fused-ring (bicyclic) bond motifs is 5. The van der Waals surface area contributed by atoms with Gasteiger partial charge in [-0.15, -0.1) is 0 Å². The Hall–Kier alpha value is -5.66. The van der Waals surface area contributed by atoms with Gasteiger partial charge in [0.15, 0.2) is 0 Å². The van der Waals surface area contributed by atoms with Gasteiger partial charge < -0.3 is 4.57 Å². The number of hydrogen-bond donors (Lipinski definition) is 0. The molecule has 0 aliphatic heterocycles. The van der Waals surface area contributed by atoms with Crippen LogP contribution in [0.1, 0.15) is 11.1 Å². The van der Waals surface area contributed by atoms with Gasteiger partial charge in [-0.05, 0) is 85.3 Å². The second-order valence-electron chi connectivity index (χ2n) is 11.0. The molecule has 0 saturated carbocycles. The van der Waals surface area contributed by atoms with E-state index in [1.165, 1.54) is 60.0 Å². The zero-order valence-electron chi connectivity index (χ0n) is 23.8. The number of aromatic nitrogens is 1. The topological polar surface area (TPSA) is 4.93 Å². The van der Waals surface area contributed by atoms with Gasteiger partial charge in [-0.3, -0.25) is 0 Å². The lowest BCUT2D eigenvalue weighted by Gasteiger charge is -2.21. The zero-order valence-corrected chi connectivity index (χ0v) is 23.8. The average molecular weight is 548 g/mol. The molecule has 7 aromatic carbocycles. The van der Waals surface area contributed by atoms with E-state index in [1.54, 1.807) is 0 Å². The fourth-order valence-corrected chi connectivity index (χ4v) is 6.87. The molecule has 8 aromatic rings. The van der Waals surface area contributed by atoms with Gasteiger partial charge in [-0.25, -0.2) is 0 Å². The first-order chi connectivity index (χ1) is 21.3. The van der Waals surface area contributed by atoms with Crippen molar-refractivity contribution >= 4 is 55.5 Å². The quantitative estimate of drug-likeness (QED) is 0.202. The zero-order chi connectivity index (χ0) is 28.9. The average Bonchev–Trinajstić information content (AvgIpc) is 3.41. The Morgan fingerprint density at radius 3 is 1.53 bits per heavy atom. The summed E-state index contributed by atoms with van der Waals surface area (Å²) in [5.41, 5.74) is 10.4. The number of hydrogen-bond acceptors (Lipinski definition) is 0. The summed E-state index contributed by atoms with van der Waals surface area (Å²) < 4.78 is 2.38. The Bertz CT molecular complexity index is 2330. The Labute approximate surface area is 251 Å². The van der Waals surface area contributed by atoms with Gasteiger partial charge in [0, 0.05) is 16.5 Å². The number of rotatable bonds is 5. The van der Waals surface area contributed by atoms with E-state index in [0.717, 1.165) is 22.4 Å². The third kappa shape index (κ3) is 3.86. The maximum atomic E-state index is 4.32. The van der Waals surface area contributed by atoms with Crippen LogP contribution in [0.5, 0.6) is 0 Å². The second kappa shape index (κ2) is 10.0. The predicted molar refractivity (Wildman–Crippen MR) is 187 cm³/mol. The van der Waals surface area contributed by atoms with Crippen LogP contribution in [0.4, 0.5) is 0 Å².